The van der Waals surface area contributed by atoms with Crippen molar-refractivity contribution in [1.29, 1.82) is 0 Å². The minimum atomic E-state index is -1.92. The molecule has 4 aliphatic carbocycles. The number of thiazole rings is 1. The summed E-state index contributed by atoms with van der Waals surface area (Å²) in [6.45, 7) is 12.5. The van der Waals surface area contributed by atoms with Crippen molar-refractivity contribution in [3.8, 4) is 11.1 Å². The lowest BCUT2D eigenvalue weighted by Crippen LogP contribution is -2.64. The van der Waals surface area contributed by atoms with Gasteiger partial charge in [-0.3, -0.25) is 38.8 Å². The second-order valence-electron chi connectivity index (χ2n) is 28.6. The quantitative estimate of drug-likeness (QED) is 0.0300. The molecule has 2 aliphatic heterocycles. The number of nitrogens with one attached hydrogen (secondary N) is 6. The highest BCUT2D eigenvalue weighted by atomic mass is 32.1. The number of hydrogen-bond acceptors (Lipinski definition) is 21. The third kappa shape index (κ3) is 16.5. The van der Waals surface area contributed by atoms with Crippen LogP contribution in [0.15, 0.2) is 67.1 Å². The fourth-order valence-electron chi connectivity index (χ4n) is 16.3. The van der Waals surface area contributed by atoms with Crippen LogP contribution < -0.4 is 36.8 Å². The topological polar surface area (TPSA) is 440 Å². The first-order chi connectivity index (χ1) is 47.9. The maximum atomic E-state index is 13.6. The predicted molar refractivity (Wildman–Crippen MR) is 363 cm³/mol. The van der Waals surface area contributed by atoms with Gasteiger partial charge >= 0.3 is 24.0 Å². The van der Waals surface area contributed by atoms with Gasteiger partial charge in [0.1, 0.15) is 42.8 Å². The summed E-state index contributed by atoms with van der Waals surface area (Å²) < 4.78 is 23.0. The van der Waals surface area contributed by atoms with Crippen LogP contribution in [0, 0.1) is 29.1 Å². The van der Waals surface area contributed by atoms with Gasteiger partial charge in [-0.2, -0.15) is 5.10 Å². The number of para-hydroxylation sites is 1. The molecule has 9 atom stereocenters. The molecule has 4 bridgehead atoms. The van der Waals surface area contributed by atoms with Gasteiger partial charge in [0.15, 0.2) is 22.6 Å². The van der Waals surface area contributed by atoms with E-state index in [-0.39, 0.29) is 78.9 Å². The molecular formula is C69H85N13O18S. The number of alkyl carbamates (subject to hydrolysis) is 1. The lowest BCUT2D eigenvalue weighted by Gasteiger charge is -2.69. The van der Waals surface area contributed by atoms with Crippen molar-refractivity contribution >= 4 is 91.7 Å². The normalized spacial score (nSPS) is 24.8. The number of anilines is 3. The highest BCUT2D eigenvalue weighted by Crippen LogP contribution is 2.72. The number of carboxylic acid groups (broad SMARTS) is 3. The van der Waals surface area contributed by atoms with Crippen LogP contribution in [0.4, 0.5) is 21.4 Å². The molecule has 0 radical (unpaired) electrons. The first-order valence-electron chi connectivity index (χ1n) is 33.6. The van der Waals surface area contributed by atoms with Gasteiger partial charge in [-0.25, -0.2) is 29.3 Å². The number of aromatic carboxylic acids is 1. The molecule has 5 fully saturated rings. The van der Waals surface area contributed by atoms with Crippen LogP contribution >= 0.6 is 11.3 Å². The van der Waals surface area contributed by atoms with E-state index in [4.69, 9.17) is 29.4 Å². The summed E-state index contributed by atoms with van der Waals surface area (Å²) in [5.74, 6) is -7.18. The molecule has 6 aliphatic rings. The van der Waals surface area contributed by atoms with Crippen molar-refractivity contribution in [3.63, 3.8) is 0 Å². The van der Waals surface area contributed by atoms with E-state index in [1.807, 2.05) is 45.3 Å². The number of rotatable bonds is 28. The highest BCUT2D eigenvalue weighted by Gasteiger charge is 2.66. The van der Waals surface area contributed by atoms with Gasteiger partial charge in [0.25, 0.3) is 5.91 Å². The molecule has 6 amide bonds. The number of pyridine rings is 1. The predicted octanol–water partition coefficient (Wildman–Crippen LogP) is 4.52. The molecule has 4 aromatic heterocycles. The Morgan fingerprint density at radius 3 is 2.24 bits per heavy atom. The number of fused-ring (bicyclic) bond motifs is 2. The molecule has 1 saturated heterocycles. The molecular weight excluding hydrogens is 1330 g/mol. The van der Waals surface area contributed by atoms with Crippen LogP contribution in [0.25, 0.3) is 21.3 Å². The fraction of sp³-hybridized carbons (Fsp3) is 0.522. The van der Waals surface area contributed by atoms with Gasteiger partial charge in [0.05, 0.1) is 66.3 Å². The number of aryl methyl sites for hydroxylation is 1. The largest absolute Gasteiger partial charge is 0.481 e. The van der Waals surface area contributed by atoms with E-state index in [9.17, 15) is 68.7 Å². The van der Waals surface area contributed by atoms with Gasteiger partial charge < -0.3 is 80.9 Å². The van der Waals surface area contributed by atoms with Crippen LogP contribution in [0.1, 0.15) is 136 Å². The zero-order valence-electron chi connectivity index (χ0n) is 56.8. The van der Waals surface area contributed by atoms with Gasteiger partial charge in [-0.15, -0.1) is 0 Å². The van der Waals surface area contributed by atoms with E-state index in [0.29, 0.717) is 58.5 Å². The standard InChI is InChI=1S/C69H85N13O18S/c1-36(2)52(78-50(84)25-71-49(83)17-18-51(85)86)60(91)74-37(3)59(90)75-41-13-11-40(39(23-41)12-15-46-55(87)56(88)57(89)58(100-46)63(95)96)27-98-65(97)70-19-22-99-69-31-66(5)28-67(6,32-69)30-68(29-66,33-69)34-82-38(4)43(24-73-82)42-14-16-48(77-53(42)62(93)94)80-20-21-81-35-72-54(45(81)26-80)61(92)79-64-76-44-9-7-8-10-47(44)101-64/h7-11,13-14,16,23-24,35-37,46,52,55-58,87-89H,12,15,17-22,25-34H2,1-6H3,(H,70,97)(H,71,83)(H,74,91)(H,75,90)(H,78,84)(H,85,86)(H,93,94)(H,95,96)(H,76,79,92)/t37-,46-,52-,55-,56+,57-,58-,66?,67?,68?,69?/m0/s1. The third-order valence-corrected chi connectivity index (χ3v) is 20.8. The van der Waals surface area contributed by atoms with Gasteiger partial charge in [-0.05, 0) is 135 Å². The molecule has 6 aromatic rings. The van der Waals surface area contributed by atoms with Crippen LogP contribution in [-0.4, -0.2) is 188 Å². The maximum absolute atomic E-state index is 13.6. The Hall–Kier alpha value is -9.47. The molecule has 12 N–H and O–H groups in total. The first kappa shape index (κ1) is 72.8. The summed E-state index contributed by atoms with van der Waals surface area (Å²) in [4.78, 5) is 130. The van der Waals surface area contributed by atoms with Crippen molar-refractivity contribution in [2.75, 3.05) is 41.8 Å². The van der Waals surface area contributed by atoms with E-state index >= 15 is 0 Å². The number of aliphatic carboxylic acids is 2. The number of nitrogens with zero attached hydrogens (tertiary/aromatic N) is 7. The number of amides is 6. The summed E-state index contributed by atoms with van der Waals surface area (Å²) >= 11 is 1.37. The van der Waals surface area contributed by atoms with Crippen molar-refractivity contribution in [1.82, 2.24) is 50.6 Å². The number of benzene rings is 2. The first-order valence-corrected chi connectivity index (χ1v) is 34.4. The number of aliphatic hydroxyl groups is 3. The molecule has 12 rings (SSSR count). The Morgan fingerprint density at radius 1 is 0.772 bits per heavy atom. The van der Waals surface area contributed by atoms with Crippen LogP contribution in [0.2, 0.25) is 0 Å². The van der Waals surface area contributed by atoms with E-state index in [0.717, 1.165) is 54.4 Å². The SMILES string of the molecule is Cc1c(-c2ccc(N3CCn4cnc(C(=O)Nc5nc6ccccc6s5)c4C3)nc2C(=O)O)cnn1CC12CC3(C)CC(C)(C1)CC(OCCNC(=O)OCc1ccc(NC(=O)[C@H](C)NC(=O)[C@@H](NC(=O)CNC(=O)CCC(=O)O)C(C)C)cc1CC[C@@H]1O[C@H](C(=O)O)[C@@H](O)[C@H](O)[C@H]1O)(C3)C2. The molecule has 31 nitrogen and oxygen atoms in total. The molecule has 6 heterocycles. The van der Waals surface area contributed by atoms with Crippen molar-refractivity contribution in [2.24, 2.45) is 22.2 Å². The molecule has 101 heavy (non-hydrogen) atoms. The molecule has 4 saturated carbocycles. The molecule has 32 heteroatoms. The second-order valence-corrected chi connectivity index (χ2v) is 29.6. The van der Waals surface area contributed by atoms with Gasteiger partial charge in [0, 0.05) is 55.1 Å². The van der Waals surface area contributed by atoms with Crippen LogP contribution in [0.3, 0.4) is 0 Å². The minimum absolute atomic E-state index is 0.00479. The third-order valence-electron chi connectivity index (χ3n) is 19.9. The summed E-state index contributed by atoms with van der Waals surface area (Å²) in [6, 6.07) is 13.5. The zero-order chi connectivity index (χ0) is 72.5. The van der Waals surface area contributed by atoms with Gasteiger partial charge in [-0.1, -0.05) is 57.2 Å². The van der Waals surface area contributed by atoms with E-state index in [1.54, 1.807) is 50.6 Å². The summed E-state index contributed by atoms with van der Waals surface area (Å²) in [5.41, 5.74) is 3.60. The molecule has 2 aromatic carbocycles. The summed E-state index contributed by atoms with van der Waals surface area (Å²) in [7, 11) is 0. The maximum Gasteiger partial charge on any atom is 0.407 e. The van der Waals surface area contributed by atoms with Crippen LogP contribution in [0.5, 0.6) is 0 Å². The zero-order valence-corrected chi connectivity index (χ0v) is 57.6. The molecule has 0 spiro atoms. The van der Waals surface area contributed by atoms with Gasteiger partial charge in [0.2, 0.25) is 23.6 Å². The number of aliphatic hydroxyl groups excluding tert-OH is 3. The van der Waals surface area contributed by atoms with Crippen molar-refractivity contribution in [2.45, 2.75) is 180 Å². The second kappa shape index (κ2) is 29.6. The average molecular weight is 1420 g/mol. The Kier molecular flexibility index (Phi) is 21.3. The number of imidazole rings is 1. The Labute approximate surface area is 584 Å². The van der Waals surface area contributed by atoms with Crippen LogP contribution in [-0.2, 0) is 75.6 Å². The number of ether oxygens (including phenoxy) is 3. The Bertz CT molecular complexity index is 4140. The Morgan fingerprint density at radius 2 is 1.52 bits per heavy atom. The summed E-state index contributed by atoms with van der Waals surface area (Å²) in [5, 5.41) is 82.2. The van der Waals surface area contributed by atoms with Crippen molar-refractivity contribution < 1.29 is 88.0 Å². The molecule has 540 valence electrons. The van der Waals surface area contributed by atoms with E-state index in [2.05, 4.69) is 55.7 Å². The molecule has 2 unspecified atom stereocenters. The number of aromatic nitrogens is 6. The summed E-state index contributed by atoms with van der Waals surface area (Å²) in [6.07, 6.45) is -1.67. The van der Waals surface area contributed by atoms with Crippen molar-refractivity contribution in [3.05, 3.63) is 101 Å². The lowest BCUT2D eigenvalue weighted by molar-refractivity contribution is -0.247. The number of carbonyl (C=O) groups excluding carboxylic acids is 6. The number of hydrogen-bond donors (Lipinski definition) is 12. The highest BCUT2D eigenvalue weighted by molar-refractivity contribution is 7.22. The minimum Gasteiger partial charge on any atom is -0.481 e. The monoisotopic (exact) mass is 1420 g/mol. The number of carbonyl (C=O) groups is 9. The van der Waals surface area contributed by atoms with E-state index in [1.165, 1.54) is 24.3 Å². The number of carboxylic acids is 3. The van der Waals surface area contributed by atoms with E-state index < -0.39 is 121 Å². The average Bonchev–Trinajstić information content (AvgIpc) is 0.966. The lowest BCUT2D eigenvalue weighted by atomic mass is 9.39. The smallest absolute Gasteiger partial charge is 0.407 e. The Balaban J connectivity index is 0.709. The fourth-order valence-corrected chi connectivity index (χ4v) is 17.2.